The number of nitrogens with one attached hydrogen (secondary N) is 1. The lowest BCUT2D eigenvalue weighted by atomic mass is 10.1. The molecule has 0 radical (unpaired) electrons. The number of carbonyl (C=O) groups is 2. The van der Waals surface area contributed by atoms with Crippen LogP contribution in [0.15, 0.2) is 0 Å². The van der Waals surface area contributed by atoms with Gasteiger partial charge in [-0.3, -0.25) is 9.59 Å². The first-order chi connectivity index (χ1) is 8.87. The van der Waals surface area contributed by atoms with Gasteiger partial charge in [0.2, 0.25) is 5.91 Å². The lowest BCUT2D eigenvalue weighted by Gasteiger charge is -2.14. The molecule has 2 rings (SSSR count). The van der Waals surface area contributed by atoms with Crippen molar-refractivity contribution in [2.75, 3.05) is 26.2 Å². The molecule has 5 nitrogen and oxygen atoms in total. The minimum atomic E-state index is -0.858. The van der Waals surface area contributed by atoms with Gasteiger partial charge in [-0.2, -0.15) is 0 Å². The summed E-state index contributed by atoms with van der Waals surface area (Å²) in [5.74, 6) is -1.33. The van der Waals surface area contributed by atoms with E-state index >= 15 is 0 Å². The zero-order valence-electron chi connectivity index (χ0n) is 12.0. The second-order valence-corrected chi connectivity index (χ2v) is 6.41. The molecule has 0 aromatic carbocycles. The normalized spacial score (nSPS) is 33.1. The number of aliphatic carboxylic acids is 1. The van der Waals surface area contributed by atoms with Crippen molar-refractivity contribution in [2.24, 2.45) is 23.2 Å². The largest absolute Gasteiger partial charge is 0.481 e. The molecule has 19 heavy (non-hydrogen) atoms. The molecule has 1 aliphatic heterocycles. The summed E-state index contributed by atoms with van der Waals surface area (Å²) in [7, 11) is 0. The molecule has 1 saturated carbocycles. The van der Waals surface area contributed by atoms with Gasteiger partial charge < -0.3 is 15.3 Å². The first-order valence-corrected chi connectivity index (χ1v) is 7.10. The smallest absolute Gasteiger partial charge is 0.307 e. The summed E-state index contributed by atoms with van der Waals surface area (Å²) in [6, 6.07) is 0. The third kappa shape index (κ3) is 2.76. The van der Waals surface area contributed by atoms with Crippen LogP contribution in [-0.2, 0) is 9.59 Å². The second-order valence-electron chi connectivity index (χ2n) is 6.41. The molecule has 1 unspecified atom stereocenters. The number of hydrogen-bond acceptors (Lipinski definition) is 3. The highest BCUT2D eigenvalue weighted by Gasteiger charge is 2.65. The molecule has 1 amide bonds. The molecule has 2 fully saturated rings. The minimum absolute atomic E-state index is 0.0904. The minimum Gasteiger partial charge on any atom is -0.481 e. The van der Waals surface area contributed by atoms with Gasteiger partial charge in [-0.05, 0) is 30.8 Å². The van der Waals surface area contributed by atoms with Gasteiger partial charge in [-0.25, -0.2) is 0 Å². The van der Waals surface area contributed by atoms with E-state index in [1.54, 1.807) is 0 Å². The quantitative estimate of drug-likeness (QED) is 0.774. The summed E-state index contributed by atoms with van der Waals surface area (Å²) >= 11 is 0. The summed E-state index contributed by atoms with van der Waals surface area (Å²) in [5, 5.41) is 12.0. The molecular weight excluding hydrogens is 244 g/mol. The topological polar surface area (TPSA) is 69.6 Å². The highest BCUT2D eigenvalue weighted by molar-refractivity contribution is 5.91. The van der Waals surface area contributed by atoms with Gasteiger partial charge in [-0.15, -0.1) is 0 Å². The zero-order valence-corrected chi connectivity index (χ0v) is 12.0. The van der Waals surface area contributed by atoms with E-state index in [4.69, 9.17) is 5.11 Å². The van der Waals surface area contributed by atoms with Gasteiger partial charge in [-0.1, -0.05) is 20.8 Å². The van der Waals surface area contributed by atoms with Crippen LogP contribution in [0, 0.1) is 23.2 Å². The fourth-order valence-corrected chi connectivity index (χ4v) is 3.31. The molecule has 108 valence electrons. The van der Waals surface area contributed by atoms with E-state index in [1.165, 1.54) is 0 Å². The second kappa shape index (κ2) is 5.12. The number of carbonyl (C=O) groups excluding carboxylic acids is 1. The van der Waals surface area contributed by atoms with Crippen molar-refractivity contribution < 1.29 is 14.7 Å². The van der Waals surface area contributed by atoms with Crippen LogP contribution in [0.5, 0.6) is 0 Å². The Kier molecular flexibility index (Phi) is 3.85. The van der Waals surface area contributed by atoms with Crippen molar-refractivity contribution in [3.8, 4) is 0 Å². The molecule has 3 atom stereocenters. The van der Waals surface area contributed by atoms with Crippen LogP contribution in [0.1, 0.15) is 27.2 Å². The molecule has 0 aromatic rings. The van der Waals surface area contributed by atoms with Crippen molar-refractivity contribution in [1.29, 1.82) is 0 Å². The van der Waals surface area contributed by atoms with Crippen LogP contribution >= 0.6 is 0 Å². The van der Waals surface area contributed by atoms with Gasteiger partial charge in [0.15, 0.2) is 0 Å². The van der Waals surface area contributed by atoms with Crippen LogP contribution in [0.2, 0.25) is 0 Å². The maximum Gasteiger partial charge on any atom is 0.307 e. The maximum atomic E-state index is 12.1. The standard InChI is InChI=1S/C14H24N2O3/c1-4-16-6-5-9(8-16)7-15-12(17)10-11(13(18)19)14(10,2)3/h9-11H,4-8H2,1-3H3,(H,15,17)(H,18,19)/t9?,10-,11+/m1/s1. The van der Waals surface area contributed by atoms with Gasteiger partial charge in [0.05, 0.1) is 11.8 Å². The number of rotatable bonds is 5. The van der Waals surface area contributed by atoms with Gasteiger partial charge >= 0.3 is 5.97 Å². The Morgan fingerprint density at radius 1 is 1.37 bits per heavy atom. The molecule has 2 N–H and O–H groups in total. The average Bonchev–Trinajstić information content (AvgIpc) is 2.73. The third-order valence-corrected chi connectivity index (χ3v) is 4.76. The summed E-state index contributed by atoms with van der Waals surface area (Å²) in [4.78, 5) is 25.5. The highest BCUT2D eigenvalue weighted by Crippen LogP contribution is 2.58. The molecule has 1 saturated heterocycles. The van der Waals surface area contributed by atoms with E-state index in [0.29, 0.717) is 12.5 Å². The monoisotopic (exact) mass is 268 g/mol. The fourth-order valence-electron chi connectivity index (χ4n) is 3.31. The van der Waals surface area contributed by atoms with E-state index in [2.05, 4.69) is 17.1 Å². The molecular formula is C14H24N2O3. The van der Waals surface area contributed by atoms with Gasteiger partial charge in [0, 0.05) is 13.1 Å². The van der Waals surface area contributed by atoms with E-state index in [-0.39, 0.29) is 11.8 Å². The highest BCUT2D eigenvalue weighted by atomic mass is 16.4. The molecule has 2 aliphatic rings. The number of hydrogen-bond donors (Lipinski definition) is 2. The molecule has 0 bridgehead atoms. The van der Waals surface area contributed by atoms with E-state index in [1.807, 2.05) is 13.8 Å². The Labute approximate surface area is 114 Å². The Bertz CT molecular complexity index is 381. The summed E-state index contributed by atoms with van der Waals surface area (Å²) in [6.45, 7) is 9.71. The molecule has 1 heterocycles. The van der Waals surface area contributed by atoms with E-state index in [0.717, 1.165) is 26.1 Å². The Hall–Kier alpha value is -1.10. The molecule has 5 heteroatoms. The van der Waals surface area contributed by atoms with Crippen LogP contribution in [0.4, 0.5) is 0 Å². The number of carboxylic acid groups (broad SMARTS) is 1. The van der Waals surface area contributed by atoms with Crippen molar-refractivity contribution in [3.63, 3.8) is 0 Å². The first-order valence-electron chi connectivity index (χ1n) is 7.10. The maximum absolute atomic E-state index is 12.1. The third-order valence-electron chi connectivity index (χ3n) is 4.76. The predicted molar refractivity (Wildman–Crippen MR) is 71.6 cm³/mol. The Morgan fingerprint density at radius 2 is 2.05 bits per heavy atom. The Morgan fingerprint density at radius 3 is 2.53 bits per heavy atom. The van der Waals surface area contributed by atoms with Crippen LogP contribution < -0.4 is 5.32 Å². The van der Waals surface area contributed by atoms with E-state index < -0.39 is 17.3 Å². The van der Waals surface area contributed by atoms with Crippen molar-refractivity contribution in [2.45, 2.75) is 27.2 Å². The van der Waals surface area contributed by atoms with Crippen molar-refractivity contribution >= 4 is 11.9 Å². The zero-order chi connectivity index (χ0) is 14.2. The van der Waals surface area contributed by atoms with Crippen molar-refractivity contribution in [3.05, 3.63) is 0 Å². The van der Waals surface area contributed by atoms with Gasteiger partial charge in [0.1, 0.15) is 0 Å². The lowest BCUT2D eigenvalue weighted by molar-refractivity contribution is -0.140. The molecule has 0 spiro atoms. The summed E-state index contributed by atoms with van der Waals surface area (Å²) < 4.78 is 0. The summed E-state index contributed by atoms with van der Waals surface area (Å²) in [6.07, 6.45) is 1.12. The van der Waals surface area contributed by atoms with Gasteiger partial charge in [0.25, 0.3) is 0 Å². The van der Waals surface area contributed by atoms with E-state index in [9.17, 15) is 9.59 Å². The number of carboxylic acids is 1. The number of amides is 1. The molecule has 0 aromatic heterocycles. The number of nitrogens with zero attached hydrogens (tertiary/aromatic N) is 1. The fraction of sp³-hybridized carbons (Fsp3) is 0.857. The molecule has 1 aliphatic carbocycles. The predicted octanol–water partition coefficient (Wildman–Crippen LogP) is 0.801. The SMILES string of the molecule is CCN1CCC(CNC(=O)[C@H]2[C@@H](C(=O)O)C2(C)C)C1. The van der Waals surface area contributed by atoms with Crippen molar-refractivity contribution in [1.82, 2.24) is 10.2 Å². The van der Waals surface area contributed by atoms with Crippen LogP contribution in [0.25, 0.3) is 0 Å². The van der Waals surface area contributed by atoms with Crippen LogP contribution in [-0.4, -0.2) is 48.1 Å². The first kappa shape index (κ1) is 14.3. The average molecular weight is 268 g/mol. The van der Waals surface area contributed by atoms with Crippen LogP contribution in [0.3, 0.4) is 0 Å². The lowest BCUT2D eigenvalue weighted by Crippen LogP contribution is -2.33. The number of likely N-dealkylation sites (tertiary alicyclic amines) is 1. The summed E-state index contributed by atoms with van der Waals surface area (Å²) in [5.41, 5.74) is -0.402. The Balaban J connectivity index is 1.79.